The molecule has 0 bridgehead atoms. The first-order chi connectivity index (χ1) is 9.09. The smallest absolute Gasteiger partial charge is 0.163 e. The van der Waals surface area contributed by atoms with Gasteiger partial charge in [0.25, 0.3) is 0 Å². The molecule has 4 heteroatoms. The molecule has 1 aliphatic rings. The van der Waals surface area contributed by atoms with Crippen molar-refractivity contribution in [2.24, 2.45) is 11.7 Å². The molecule has 1 fully saturated rings. The zero-order valence-electron chi connectivity index (χ0n) is 11.2. The highest BCUT2D eigenvalue weighted by molar-refractivity contribution is 5.22. The molecule has 0 aliphatic heterocycles. The largest absolute Gasteiger partial charge is 0.376 e. The SMILES string of the molecule is CC1CCCCC1OCC(N)c1cccc(F)c1F. The highest BCUT2D eigenvalue weighted by atomic mass is 19.2. The minimum Gasteiger partial charge on any atom is -0.376 e. The van der Waals surface area contributed by atoms with Crippen molar-refractivity contribution >= 4 is 0 Å². The molecular weight excluding hydrogens is 248 g/mol. The van der Waals surface area contributed by atoms with Crippen LogP contribution in [0, 0.1) is 17.6 Å². The third kappa shape index (κ3) is 3.51. The summed E-state index contributed by atoms with van der Waals surface area (Å²) in [5, 5.41) is 0. The van der Waals surface area contributed by atoms with Crippen LogP contribution in [0.1, 0.15) is 44.2 Å². The van der Waals surface area contributed by atoms with Crippen LogP contribution in [0.4, 0.5) is 8.78 Å². The van der Waals surface area contributed by atoms with Gasteiger partial charge in [0.05, 0.1) is 18.8 Å². The van der Waals surface area contributed by atoms with Crippen molar-refractivity contribution in [2.75, 3.05) is 6.61 Å². The van der Waals surface area contributed by atoms with Crippen LogP contribution in [0.25, 0.3) is 0 Å². The summed E-state index contributed by atoms with van der Waals surface area (Å²) in [6, 6.07) is 3.45. The van der Waals surface area contributed by atoms with E-state index in [1.54, 1.807) is 0 Å². The third-order valence-electron chi connectivity index (χ3n) is 3.90. The van der Waals surface area contributed by atoms with Gasteiger partial charge in [0.1, 0.15) is 0 Å². The molecule has 0 spiro atoms. The Morgan fingerprint density at radius 1 is 1.32 bits per heavy atom. The number of ether oxygens (including phenoxy) is 1. The van der Waals surface area contributed by atoms with Crippen LogP contribution in [0.15, 0.2) is 18.2 Å². The predicted molar refractivity (Wildman–Crippen MR) is 70.7 cm³/mol. The zero-order chi connectivity index (χ0) is 13.8. The Hall–Kier alpha value is -1.00. The molecule has 1 aromatic carbocycles. The van der Waals surface area contributed by atoms with Crippen molar-refractivity contribution in [2.45, 2.75) is 44.8 Å². The van der Waals surface area contributed by atoms with Gasteiger partial charge < -0.3 is 10.5 Å². The maximum absolute atomic E-state index is 13.6. The van der Waals surface area contributed by atoms with E-state index in [4.69, 9.17) is 10.5 Å². The van der Waals surface area contributed by atoms with Crippen LogP contribution >= 0.6 is 0 Å². The van der Waals surface area contributed by atoms with Gasteiger partial charge in [-0.2, -0.15) is 0 Å². The van der Waals surface area contributed by atoms with Crippen LogP contribution in [-0.4, -0.2) is 12.7 Å². The third-order valence-corrected chi connectivity index (χ3v) is 3.90. The van der Waals surface area contributed by atoms with E-state index in [0.29, 0.717) is 5.92 Å². The lowest BCUT2D eigenvalue weighted by Crippen LogP contribution is -2.29. The van der Waals surface area contributed by atoms with Crippen LogP contribution < -0.4 is 5.73 Å². The van der Waals surface area contributed by atoms with Gasteiger partial charge in [-0.25, -0.2) is 8.78 Å². The molecule has 106 valence electrons. The van der Waals surface area contributed by atoms with Crippen molar-refractivity contribution in [3.8, 4) is 0 Å². The van der Waals surface area contributed by atoms with Crippen molar-refractivity contribution in [1.29, 1.82) is 0 Å². The minimum atomic E-state index is -0.865. The molecule has 1 saturated carbocycles. The van der Waals surface area contributed by atoms with Crippen LogP contribution in [0.2, 0.25) is 0 Å². The van der Waals surface area contributed by atoms with Crippen LogP contribution in [0.3, 0.4) is 0 Å². The Morgan fingerprint density at radius 2 is 2.05 bits per heavy atom. The maximum atomic E-state index is 13.6. The topological polar surface area (TPSA) is 35.2 Å². The van der Waals surface area contributed by atoms with Gasteiger partial charge in [-0.05, 0) is 24.8 Å². The van der Waals surface area contributed by atoms with E-state index in [-0.39, 0.29) is 18.3 Å². The van der Waals surface area contributed by atoms with Crippen molar-refractivity contribution in [3.63, 3.8) is 0 Å². The zero-order valence-corrected chi connectivity index (χ0v) is 11.2. The second-order valence-corrected chi connectivity index (χ2v) is 5.38. The minimum absolute atomic E-state index is 0.184. The first-order valence-corrected chi connectivity index (χ1v) is 6.90. The monoisotopic (exact) mass is 269 g/mol. The summed E-state index contributed by atoms with van der Waals surface area (Å²) in [5.74, 6) is -1.22. The van der Waals surface area contributed by atoms with Gasteiger partial charge in [-0.15, -0.1) is 0 Å². The van der Waals surface area contributed by atoms with E-state index < -0.39 is 17.7 Å². The highest BCUT2D eigenvalue weighted by Gasteiger charge is 2.23. The standard InChI is InChI=1S/C15H21F2NO/c1-10-5-2-3-8-14(10)19-9-13(18)11-6-4-7-12(16)15(11)17/h4,6-7,10,13-14H,2-3,5,8-9,18H2,1H3. The number of halogens is 2. The Labute approximate surface area is 112 Å². The lowest BCUT2D eigenvalue weighted by Gasteiger charge is -2.29. The van der Waals surface area contributed by atoms with E-state index in [0.717, 1.165) is 18.9 Å². The number of nitrogens with two attached hydrogens (primary N) is 1. The fourth-order valence-corrected chi connectivity index (χ4v) is 2.65. The molecule has 2 nitrogen and oxygen atoms in total. The van der Waals surface area contributed by atoms with E-state index in [9.17, 15) is 8.78 Å². The van der Waals surface area contributed by atoms with Crippen molar-refractivity contribution in [1.82, 2.24) is 0 Å². The maximum Gasteiger partial charge on any atom is 0.163 e. The van der Waals surface area contributed by atoms with E-state index in [1.807, 2.05) is 0 Å². The summed E-state index contributed by atoms with van der Waals surface area (Å²) >= 11 is 0. The molecule has 0 saturated heterocycles. The molecule has 1 aromatic rings. The molecule has 1 aliphatic carbocycles. The van der Waals surface area contributed by atoms with Gasteiger partial charge in [-0.1, -0.05) is 31.9 Å². The number of rotatable bonds is 4. The van der Waals surface area contributed by atoms with Crippen LogP contribution in [0.5, 0.6) is 0 Å². The van der Waals surface area contributed by atoms with Gasteiger partial charge in [0, 0.05) is 5.56 Å². The first kappa shape index (κ1) is 14.4. The number of hydrogen-bond acceptors (Lipinski definition) is 2. The van der Waals surface area contributed by atoms with Crippen LogP contribution in [-0.2, 0) is 4.74 Å². The summed E-state index contributed by atoms with van der Waals surface area (Å²) in [6.07, 6.45) is 4.79. The lowest BCUT2D eigenvalue weighted by atomic mass is 9.88. The molecule has 0 aromatic heterocycles. The molecular formula is C15H21F2NO. The first-order valence-electron chi connectivity index (χ1n) is 6.90. The summed E-state index contributed by atoms with van der Waals surface area (Å²) in [6.45, 7) is 2.40. The molecule has 2 rings (SSSR count). The van der Waals surface area contributed by atoms with Crippen molar-refractivity contribution in [3.05, 3.63) is 35.4 Å². The second kappa shape index (κ2) is 6.44. The Kier molecular flexibility index (Phi) is 4.88. The average Bonchev–Trinajstić information content (AvgIpc) is 2.40. The summed E-state index contributed by atoms with van der Waals surface area (Å²) in [7, 11) is 0. The molecule has 19 heavy (non-hydrogen) atoms. The Bertz CT molecular complexity index is 425. The van der Waals surface area contributed by atoms with Gasteiger partial charge in [0.2, 0.25) is 0 Å². The van der Waals surface area contributed by atoms with Gasteiger partial charge in [0.15, 0.2) is 11.6 Å². The van der Waals surface area contributed by atoms with Gasteiger partial charge >= 0.3 is 0 Å². The lowest BCUT2D eigenvalue weighted by molar-refractivity contribution is -0.0116. The summed E-state index contributed by atoms with van der Waals surface area (Å²) < 4.78 is 32.5. The van der Waals surface area contributed by atoms with E-state index in [1.165, 1.54) is 25.0 Å². The van der Waals surface area contributed by atoms with E-state index in [2.05, 4.69) is 6.92 Å². The molecule has 2 N–H and O–H groups in total. The molecule has 3 unspecified atom stereocenters. The van der Waals surface area contributed by atoms with Gasteiger partial charge in [-0.3, -0.25) is 0 Å². The molecule has 0 radical (unpaired) electrons. The average molecular weight is 269 g/mol. The van der Waals surface area contributed by atoms with Crippen molar-refractivity contribution < 1.29 is 13.5 Å². The summed E-state index contributed by atoms with van der Waals surface area (Å²) in [4.78, 5) is 0. The number of hydrogen-bond donors (Lipinski definition) is 1. The Morgan fingerprint density at radius 3 is 2.79 bits per heavy atom. The Balaban J connectivity index is 1.93. The summed E-state index contributed by atoms with van der Waals surface area (Å²) in [5.41, 5.74) is 6.08. The fourth-order valence-electron chi connectivity index (χ4n) is 2.65. The quantitative estimate of drug-likeness (QED) is 0.907. The second-order valence-electron chi connectivity index (χ2n) is 5.38. The fraction of sp³-hybridized carbons (Fsp3) is 0.600. The number of benzene rings is 1. The predicted octanol–water partition coefficient (Wildman–Crippen LogP) is 3.56. The molecule has 0 amide bonds. The van der Waals surface area contributed by atoms with E-state index >= 15 is 0 Å². The normalized spacial score (nSPS) is 25.3. The highest BCUT2D eigenvalue weighted by Crippen LogP contribution is 2.27. The molecule has 0 heterocycles. The molecule has 3 atom stereocenters.